The molecule has 1 aliphatic heterocycles. The van der Waals surface area contributed by atoms with Gasteiger partial charge in [0.05, 0.1) is 0 Å². The molecule has 1 aliphatic rings. The molecule has 0 spiro atoms. The van der Waals surface area contributed by atoms with Crippen molar-refractivity contribution in [3.63, 3.8) is 0 Å². The summed E-state index contributed by atoms with van der Waals surface area (Å²) in [6.45, 7) is 2.51. The van der Waals surface area contributed by atoms with Crippen LogP contribution in [0.2, 0.25) is 0 Å². The third kappa shape index (κ3) is 4.70. The Bertz CT molecular complexity index is 307. The Labute approximate surface area is 113 Å². The Morgan fingerprint density at radius 1 is 1.42 bits per heavy atom. The first-order chi connectivity index (χ1) is 9.10. The number of carboxylic acid groups (broad SMARTS) is 1. The third-order valence-electron chi connectivity index (χ3n) is 3.52. The van der Waals surface area contributed by atoms with Crippen LogP contribution in [0.1, 0.15) is 45.4 Å². The number of aliphatic hydroxyl groups excluding tert-OH is 1. The van der Waals surface area contributed by atoms with E-state index < -0.39 is 12.0 Å². The van der Waals surface area contributed by atoms with Gasteiger partial charge in [0.2, 0.25) is 0 Å². The minimum Gasteiger partial charge on any atom is -0.480 e. The van der Waals surface area contributed by atoms with E-state index in [9.17, 15) is 9.59 Å². The van der Waals surface area contributed by atoms with Gasteiger partial charge in [-0.2, -0.15) is 0 Å². The highest BCUT2D eigenvalue weighted by atomic mass is 16.4. The van der Waals surface area contributed by atoms with Gasteiger partial charge in [0.25, 0.3) is 0 Å². The van der Waals surface area contributed by atoms with Gasteiger partial charge in [-0.25, -0.2) is 9.59 Å². The molecule has 1 heterocycles. The monoisotopic (exact) mass is 272 g/mol. The number of carbonyl (C=O) groups is 2. The smallest absolute Gasteiger partial charge is 0.326 e. The van der Waals surface area contributed by atoms with E-state index in [4.69, 9.17) is 10.2 Å². The maximum atomic E-state index is 12.1. The molecule has 0 aromatic heterocycles. The Kier molecular flexibility index (Phi) is 6.62. The maximum absolute atomic E-state index is 12.1. The number of nitrogens with zero attached hydrogens (tertiary/aromatic N) is 1. The van der Waals surface area contributed by atoms with Gasteiger partial charge in [-0.1, -0.05) is 13.3 Å². The quantitative estimate of drug-likeness (QED) is 0.677. The number of rotatable bonds is 6. The third-order valence-corrected chi connectivity index (χ3v) is 3.52. The van der Waals surface area contributed by atoms with E-state index in [1.54, 1.807) is 4.90 Å². The first-order valence-electron chi connectivity index (χ1n) is 7.01. The molecular weight excluding hydrogens is 248 g/mol. The molecule has 1 unspecified atom stereocenters. The minimum atomic E-state index is -1.11. The average Bonchev–Trinajstić information content (AvgIpc) is 2.39. The lowest BCUT2D eigenvalue weighted by Gasteiger charge is -2.36. The summed E-state index contributed by atoms with van der Waals surface area (Å²) in [5.74, 6) is -1.11. The van der Waals surface area contributed by atoms with E-state index in [1.807, 2.05) is 0 Å². The Morgan fingerprint density at radius 2 is 2.16 bits per heavy atom. The summed E-state index contributed by atoms with van der Waals surface area (Å²) < 4.78 is 0. The molecule has 0 radical (unpaired) electrons. The Balaban J connectivity index is 2.60. The normalized spacial score (nSPS) is 20.9. The van der Waals surface area contributed by atoms with E-state index in [2.05, 4.69) is 12.2 Å². The highest BCUT2D eigenvalue weighted by Gasteiger charge is 2.28. The largest absolute Gasteiger partial charge is 0.480 e. The van der Waals surface area contributed by atoms with Crippen molar-refractivity contribution < 1.29 is 19.8 Å². The summed E-state index contributed by atoms with van der Waals surface area (Å²) >= 11 is 0. The van der Waals surface area contributed by atoms with Crippen LogP contribution in [0.4, 0.5) is 4.79 Å². The number of piperidine rings is 1. The van der Waals surface area contributed by atoms with Crippen LogP contribution in [0, 0.1) is 0 Å². The summed E-state index contributed by atoms with van der Waals surface area (Å²) in [5.41, 5.74) is 0. The Morgan fingerprint density at radius 3 is 2.74 bits per heavy atom. The number of carbonyl (C=O) groups excluding carboxylic acids is 1. The number of aliphatic hydroxyl groups is 1. The summed E-state index contributed by atoms with van der Waals surface area (Å²) in [6.07, 6.45) is 5.06. The van der Waals surface area contributed by atoms with Crippen LogP contribution in [0.15, 0.2) is 0 Å². The molecule has 1 saturated heterocycles. The van der Waals surface area contributed by atoms with Crippen molar-refractivity contribution in [1.29, 1.82) is 0 Å². The van der Waals surface area contributed by atoms with Crippen molar-refractivity contribution in [1.82, 2.24) is 10.2 Å². The predicted octanol–water partition coefficient (Wildman–Crippen LogP) is 1.19. The topological polar surface area (TPSA) is 89.9 Å². The molecule has 110 valence electrons. The number of nitrogens with one attached hydrogen (secondary N) is 1. The molecule has 0 aliphatic carbocycles. The molecule has 2 amide bonds. The zero-order chi connectivity index (χ0) is 14.3. The average molecular weight is 272 g/mol. The molecule has 0 aromatic rings. The molecule has 1 rings (SSSR count). The van der Waals surface area contributed by atoms with Crippen LogP contribution in [0.5, 0.6) is 0 Å². The molecule has 0 saturated carbocycles. The van der Waals surface area contributed by atoms with Gasteiger partial charge in [0.15, 0.2) is 0 Å². The van der Waals surface area contributed by atoms with Gasteiger partial charge in [-0.3, -0.25) is 0 Å². The number of likely N-dealkylation sites (tertiary alicyclic amines) is 1. The lowest BCUT2D eigenvalue weighted by Crippen LogP contribution is -2.53. The lowest BCUT2D eigenvalue weighted by atomic mass is 9.98. The van der Waals surface area contributed by atoms with E-state index in [0.29, 0.717) is 6.54 Å². The second-order valence-electron chi connectivity index (χ2n) is 4.98. The predicted molar refractivity (Wildman–Crippen MR) is 70.9 cm³/mol. The van der Waals surface area contributed by atoms with E-state index in [1.165, 1.54) is 0 Å². The first kappa shape index (κ1) is 15.8. The molecule has 3 N–H and O–H groups in total. The molecule has 6 nitrogen and oxygen atoms in total. The van der Waals surface area contributed by atoms with Crippen LogP contribution in [-0.4, -0.2) is 52.3 Å². The second-order valence-corrected chi connectivity index (χ2v) is 4.98. The number of urea groups is 1. The minimum absolute atomic E-state index is 0.0351. The second kappa shape index (κ2) is 7.99. The fourth-order valence-corrected chi connectivity index (χ4v) is 2.52. The van der Waals surface area contributed by atoms with Crippen molar-refractivity contribution in [2.24, 2.45) is 0 Å². The zero-order valence-corrected chi connectivity index (χ0v) is 11.5. The van der Waals surface area contributed by atoms with Crippen molar-refractivity contribution in [2.75, 3.05) is 13.2 Å². The lowest BCUT2D eigenvalue weighted by molar-refractivity contribution is -0.139. The van der Waals surface area contributed by atoms with Crippen molar-refractivity contribution in [3.8, 4) is 0 Å². The number of hydrogen-bond acceptors (Lipinski definition) is 3. The first-order valence-corrected chi connectivity index (χ1v) is 7.01. The van der Waals surface area contributed by atoms with Gasteiger partial charge in [0.1, 0.15) is 6.04 Å². The summed E-state index contributed by atoms with van der Waals surface area (Å²) in [6, 6.07) is -1.12. The Hall–Kier alpha value is -1.30. The maximum Gasteiger partial charge on any atom is 0.326 e. The zero-order valence-electron chi connectivity index (χ0n) is 11.5. The van der Waals surface area contributed by atoms with Crippen LogP contribution in [0.3, 0.4) is 0 Å². The van der Waals surface area contributed by atoms with E-state index in [-0.39, 0.29) is 25.1 Å². The van der Waals surface area contributed by atoms with Gasteiger partial charge < -0.3 is 20.4 Å². The highest BCUT2D eigenvalue weighted by Crippen LogP contribution is 2.20. The number of hydrogen-bond donors (Lipinski definition) is 3. The summed E-state index contributed by atoms with van der Waals surface area (Å²) in [4.78, 5) is 24.9. The number of amides is 2. The number of aliphatic carboxylic acids is 1. The molecule has 6 heteroatoms. The molecule has 0 aromatic carbocycles. The molecule has 19 heavy (non-hydrogen) atoms. The standard InChI is InChI=1S/C13H24N2O4/c1-2-5-10-6-3-4-8-15(10)13(19)14-11(7-9-16)12(17)18/h10-11,16H,2-9H2,1H3,(H,14,19)(H,17,18)/t10?,11-/m0/s1. The summed E-state index contributed by atoms with van der Waals surface area (Å²) in [5, 5.41) is 20.3. The highest BCUT2D eigenvalue weighted by molar-refractivity contribution is 5.82. The van der Waals surface area contributed by atoms with Crippen molar-refractivity contribution >= 4 is 12.0 Å². The van der Waals surface area contributed by atoms with Crippen molar-refractivity contribution in [2.45, 2.75) is 57.5 Å². The van der Waals surface area contributed by atoms with Gasteiger partial charge >= 0.3 is 12.0 Å². The van der Waals surface area contributed by atoms with E-state index in [0.717, 1.165) is 32.1 Å². The fraction of sp³-hybridized carbons (Fsp3) is 0.846. The van der Waals surface area contributed by atoms with E-state index >= 15 is 0 Å². The molecule has 0 bridgehead atoms. The van der Waals surface area contributed by atoms with Crippen LogP contribution in [0.25, 0.3) is 0 Å². The van der Waals surface area contributed by atoms with Crippen LogP contribution in [-0.2, 0) is 4.79 Å². The number of carboxylic acids is 1. The fourth-order valence-electron chi connectivity index (χ4n) is 2.52. The molecular formula is C13H24N2O4. The SMILES string of the molecule is CCCC1CCCCN1C(=O)N[C@@H](CCO)C(=O)O. The van der Waals surface area contributed by atoms with Gasteiger partial charge in [0, 0.05) is 25.6 Å². The van der Waals surface area contributed by atoms with Gasteiger partial charge in [-0.15, -0.1) is 0 Å². The molecule has 1 fully saturated rings. The van der Waals surface area contributed by atoms with Crippen LogP contribution < -0.4 is 5.32 Å². The van der Waals surface area contributed by atoms with Crippen LogP contribution >= 0.6 is 0 Å². The molecule has 2 atom stereocenters. The van der Waals surface area contributed by atoms with Gasteiger partial charge in [-0.05, 0) is 25.7 Å². The van der Waals surface area contributed by atoms with Crippen molar-refractivity contribution in [3.05, 3.63) is 0 Å². The summed E-state index contributed by atoms with van der Waals surface area (Å²) in [7, 11) is 0.